The lowest BCUT2D eigenvalue weighted by Crippen LogP contribution is -2.21. The summed E-state index contributed by atoms with van der Waals surface area (Å²) in [6.07, 6.45) is 6.32. The molecule has 0 saturated heterocycles. The Balaban J connectivity index is 0.000000222. The highest BCUT2D eigenvalue weighted by molar-refractivity contribution is 6.68. The van der Waals surface area contributed by atoms with Crippen LogP contribution in [0.1, 0.15) is 71.4 Å². The number of pyridine rings is 2. The number of hydrogen-bond acceptors (Lipinski definition) is 7. The largest absolute Gasteiger partial charge is 0.304 e. The maximum Gasteiger partial charge on any atom is 0.279 e. The van der Waals surface area contributed by atoms with Crippen LogP contribution in [0.4, 0.5) is 8.78 Å². The van der Waals surface area contributed by atoms with Gasteiger partial charge in [-0.05, 0) is 153 Å². The van der Waals surface area contributed by atoms with E-state index in [1.54, 1.807) is 73.1 Å². The molecule has 348 valence electrons. The van der Waals surface area contributed by atoms with Crippen molar-refractivity contribution in [3.05, 3.63) is 213 Å². The molecule has 4 aromatic carbocycles. The zero-order valence-corrected chi connectivity index (χ0v) is 39.1. The van der Waals surface area contributed by atoms with Crippen LogP contribution in [0.3, 0.4) is 0 Å². The Hall–Kier alpha value is -6.37. The second-order valence-corrected chi connectivity index (χ2v) is 15.7. The Kier molecular flexibility index (Phi) is 22.2. The molecule has 0 spiro atoms. The minimum Gasteiger partial charge on any atom is -0.304 e. The van der Waals surface area contributed by atoms with Crippen LogP contribution >= 0.6 is 34.8 Å². The number of aromatic amines is 1. The average molecular weight is 965 g/mol. The fourth-order valence-electron chi connectivity index (χ4n) is 6.44. The normalized spacial score (nSPS) is 10.3. The minimum atomic E-state index is -0.523. The minimum absolute atomic E-state index is 0. The first kappa shape index (κ1) is 53.2. The van der Waals surface area contributed by atoms with E-state index in [1.165, 1.54) is 48.6 Å². The quantitative estimate of drug-likeness (QED) is 0.115. The summed E-state index contributed by atoms with van der Waals surface area (Å²) in [7, 11) is 0. The number of hydrogen-bond donors (Lipinski definition) is 1. The number of benzene rings is 4. The molecule has 0 saturated carbocycles. The Morgan fingerprint density at radius 2 is 1.06 bits per heavy atom. The zero-order valence-electron chi connectivity index (χ0n) is 36.9. The highest BCUT2D eigenvalue weighted by atomic mass is 35.5. The maximum absolute atomic E-state index is 13.2. The Labute approximate surface area is 406 Å². The van der Waals surface area contributed by atoms with Gasteiger partial charge in [-0.25, -0.2) is 13.5 Å². The highest BCUT2D eigenvalue weighted by Crippen LogP contribution is 2.23. The number of nitrogens with one attached hydrogen (secondary N) is 1. The smallest absolute Gasteiger partial charge is 0.279 e. The molecule has 9 nitrogen and oxygen atoms in total. The second-order valence-electron chi connectivity index (χ2n) is 14.6. The van der Waals surface area contributed by atoms with Crippen LogP contribution in [0.2, 0.25) is 10.0 Å². The van der Waals surface area contributed by atoms with Crippen molar-refractivity contribution in [2.24, 2.45) is 0 Å². The SMILES string of the molecule is C.CCN(CC)CC.Fc1ccc(CCc2cc(-c3ccccn3)n[nH]2)cc1.O=C(Cl)c1ccccc1Cl.O=C(c1ccccc1Cl)n1nc(-c2ccccn2)cc1CCc1ccc(F)cc1. The lowest BCUT2D eigenvalue weighted by Gasteiger charge is -2.13. The van der Waals surface area contributed by atoms with Gasteiger partial charge in [0.05, 0.1) is 32.6 Å². The third-order valence-electron chi connectivity index (χ3n) is 10.2. The third-order valence-corrected chi connectivity index (χ3v) is 11.0. The number of halogens is 5. The molecule has 0 unspecified atom stereocenters. The van der Waals surface area contributed by atoms with Crippen LogP contribution in [0.15, 0.2) is 158 Å². The van der Waals surface area contributed by atoms with Gasteiger partial charge in [-0.3, -0.25) is 24.7 Å². The number of H-pyrrole nitrogens is 1. The molecule has 67 heavy (non-hydrogen) atoms. The lowest BCUT2D eigenvalue weighted by atomic mass is 10.1. The molecule has 0 aliphatic heterocycles. The van der Waals surface area contributed by atoms with Crippen LogP contribution in [-0.4, -0.2) is 65.6 Å². The van der Waals surface area contributed by atoms with Crippen molar-refractivity contribution in [2.75, 3.05) is 19.6 Å². The predicted molar refractivity (Wildman–Crippen MR) is 268 cm³/mol. The second kappa shape index (κ2) is 28.0. The van der Waals surface area contributed by atoms with Crippen molar-refractivity contribution >= 4 is 46.0 Å². The maximum atomic E-state index is 13.2. The van der Waals surface area contributed by atoms with Gasteiger partial charge in [-0.1, -0.05) is 112 Å². The van der Waals surface area contributed by atoms with E-state index in [1.807, 2.05) is 60.7 Å². The molecule has 8 rings (SSSR count). The van der Waals surface area contributed by atoms with Crippen molar-refractivity contribution in [3.8, 4) is 22.8 Å². The summed E-state index contributed by atoms with van der Waals surface area (Å²) in [4.78, 5) is 34.6. The number of rotatable bonds is 13. The van der Waals surface area contributed by atoms with Crippen LogP contribution in [0, 0.1) is 11.6 Å². The number of carbonyl (C=O) groups is 2. The van der Waals surface area contributed by atoms with Crippen molar-refractivity contribution in [1.82, 2.24) is 34.8 Å². The number of nitrogens with zero attached hydrogens (tertiary/aromatic N) is 6. The third kappa shape index (κ3) is 16.8. The molecule has 0 aliphatic carbocycles. The van der Waals surface area contributed by atoms with Crippen molar-refractivity contribution in [3.63, 3.8) is 0 Å². The van der Waals surface area contributed by atoms with E-state index in [0.717, 1.165) is 46.7 Å². The van der Waals surface area contributed by atoms with E-state index in [4.69, 9.17) is 34.8 Å². The monoisotopic (exact) mass is 963 g/mol. The van der Waals surface area contributed by atoms with E-state index in [9.17, 15) is 18.4 Å². The topological polar surface area (TPSA) is 110 Å². The summed E-state index contributed by atoms with van der Waals surface area (Å²) in [5.41, 5.74) is 7.61. The van der Waals surface area contributed by atoms with Crippen LogP contribution < -0.4 is 0 Å². The van der Waals surface area contributed by atoms with Crippen molar-refractivity contribution in [2.45, 2.75) is 53.9 Å². The molecule has 8 aromatic rings. The van der Waals surface area contributed by atoms with Crippen molar-refractivity contribution in [1.29, 1.82) is 0 Å². The zero-order chi connectivity index (χ0) is 47.3. The molecule has 1 N–H and O–H groups in total. The van der Waals surface area contributed by atoms with Crippen LogP contribution in [0.25, 0.3) is 22.8 Å². The van der Waals surface area contributed by atoms with Gasteiger partial charge in [-0.15, -0.1) is 0 Å². The van der Waals surface area contributed by atoms with Gasteiger partial charge in [0.1, 0.15) is 23.0 Å². The summed E-state index contributed by atoms with van der Waals surface area (Å²) in [6.45, 7) is 10.1. The van der Waals surface area contributed by atoms with Crippen LogP contribution in [-0.2, 0) is 25.7 Å². The van der Waals surface area contributed by atoms with Gasteiger partial charge >= 0.3 is 0 Å². The molecule has 0 radical (unpaired) electrons. The molecular formula is C53H54Cl3F2N7O2. The van der Waals surface area contributed by atoms with E-state index in [0.29, 0.717) is 45.4 Å². The van der Waals surface area contributed by atoms with Gasteiger partial charge in [-0.2, -0.15) is 10.2 Å². The summed E-state index contributed by atoms with van der Waals surface area (Å²) < 4.78 is 27.4. The van der Waals surface area contributed by atoms with E-state index >= 15 is 0 Å². The molecule has 0 amide bonds. The lowest BCUT2D eigenvalue weighted by molar-refractivity contribution is 0.0941. The molecule has 4 heterocycles. The Morgan fingerprint density at radius 3 is 1.51 bits per heavy atom. The van der Waals surface area contributed by atoms with Crippen molar-refractivity contribution < 1.29 is 18.4 Å². The molecule has 0 atom stereocenters. The summed E-state index contributed by atoms with van der Waals surface area (Å²) in [5.74, 6) is -0.773. The van der Waals surface area contributed by atoms with E-state index in [-0.39, 0.29) is 25.0 Å². The van der Waals surface area contributed by atoms with Gasteiger partial charge in [0.2, 0.25) is 0 Å². The molecule has 4 aromatic heterocycles. The van der Waals surface area contributed by atoms with E-state index < -0.39 is 5.24 Å². The molecule has 0 aliphatic rings. The summed E-state index contributed by atoms with van der Waals surface area (Å²) >= 11 is 17.0. The van der Waals surface area contributed by atoms with Gasteiger partial charge in [0, 0.05) is 23.8 Å². The van der Waals surface area contributed by atoms with Crippen LogP contribution in [0.5, 0.6) is 0 Å². The fourth-order valence-corrected chi connectivity index (χ4v) is 7.09. The number of aromatic nitrogens is 6. The standard InChI is InChI=1S/C23H17ClFN3O.C16H14FN3.C7H4Cl2O.C6H15N.CH4/c24-20-6-2-1-5-19(20)23(29)28-18(13-10-16-8-11-17(25)12-9-16)15-22(27-28)21-7-3-4-14-26-21;17-13-7-4-12(5-8-13)6-9-14-11-16(20-19-14)15-3-1-2-10-18-15;8-6-4-2-1-3-5(6)7(9)10;1-4-7(5-2)6-3;/h1-9,11-12,14-15H,10,13H2;1-5,7-8,10-11H,6,9H2,(H,19,20);1-4H;4-6H2,1-3H3;1H4. The van der Waals surface area contributed by atoms with Gasteiger partial charge < -0.3 is 4.90 Å². The number of aryl methyl sites for hydroxylation is 4. The summed E-state index contributed by atoms with van der Waals surface area (Å²) in [5, 5.41) is 12.0. The summed E-state index contributed by atoms with van der Waals surface area (Å²) in [6, 6.07) is 41.6. The van der Waals surface area contributed by atoms with E-state index in [2.05, 4.69) is 50.9 Å². The Morgan fingerprint density at radius 1 is 0.582 bits per heavy atom. The molecular weight excluding hydrogens is 911 g/mol. The first-order chi connectivity index (χ1) is 32.0. The predicted octanol–water partition coefficient (Wildman–Crippen LogP) is 13.3. The molecule has 14 heteroatoms. The Bertz CT molecular complexity index is 2710. The fraction of sp³-hybridized carbons (Fsp3) is 0.208. The first-order valence-corrected chi connectivity index (χ1v) is 22.5. The molecule has 0 fully saturated rings. The first-order valence-electron chi connectivity index (χ1n) is 21.4. The average Bonchev–Trinajstić information content (AvgIpc) is 4.01. The van der Waals surface area contributed by atoms with Gasteiger partial charge in [0.15, 0.2) is 0 Å². The highest BCUT2D eigenvalue weighted by Gasteiger charge is 2.19. The number of carbonyl (C=O) groups excluding carboxylic acids is 2. The molecule has 0 bridgehead atoms. The van der Waals surface area contributed by atoms with Gasteiger partial charge in [0.25, 0.3) is 11.1 Å².